The fourth-order valence-electron chi connectivity index (χ4n) is 2.77. The maximum atomic E-state index is 2.53. The Morgan fingerprint density at radius 2 is 1.32 bits per heavy atom. The molecule has 1 unspecified atom stereocenters. The minimum absolute atomic E-state index is 0.00519. The normalized spacial score (nSPS) is 22.9. The van der Waals surface area contributed by atoms with Crippen LogP contribution in [0, 0.1) is 0 Å². The van der Waals surface area contributed by atoms with Crippen LogP contribution in [-0.4, -0.2) is 16.1 Å². The first-order valence-corrected chi connectivity index (χ1v) is 15.2. The van der Waals surface area contributed by atoms with Crippen LogP contribution in [0.15, 0.2) is 65.0 Å². The summed E-state index contributed by atoms with van der Waals surface area (Å²) in [6.45, 7) is 17.0. The third-order valence-corrected chi connectivity index (χ3v) is 8.57. The van der Waals surface area contributed by atoms with Gasteiger partial charge < -0.3 is 0 Å². The van der Waals surface area contributed by atoms with Crippen molar-refractivity contribution in [3.05, 3.63) is 70.6 Å². The van der Waals surface area contributed by atoms with Crippen LogP contribution in [0.3, 0.4) is 0 Å². The van der Waals surface area contributed by atoms with Gasteiger partial charge in [-0.15, -0.1) is 0 Å². The Bertz CT molecular complexity index is 622. The van der Waals surface area contributed by atoms with Crippen LogP contribution in [0.25, 0.3) is 0 Å². The van der Waals surface area contributed by atoms with Crippen molar-refractivity contribution < 1.29 is 0 Å². The Labute approximate surface area is 138 Å². The molecule has 0 saturated heterocycles. The molecule has 0 fully saturated rings. The summed E-state index contributed by atoms with van der Waals surface area (Å²) < 4.78 is 0. The van der Waals surface area contributed by atoms with Crippen molar-refractivity contribution >= 4 is 16.1 Å². The Morgan fingerprint density at radius 1 is 0.773 bits per heavy atom. The summed E-state index contributed by atoms with van der Waals surface area (Å²) in [5.41, 5.74) is 1.38. The number of benzene rings is 1. The van der Waals surface area contributed by atoms with E-state index in [0.717, 1.165) is 0 Å². The molecule has 0 radical (unpaired) electrons. The highest BCUT2D eigenvalue weighted by molar-refractivity contribution is 6.86. The van der Waals surface area contributed by atoms with Crippen LogP contribution in [-0.2, 0) is 5.41 Å². The van der Waals surface area contributed by atoms with Crippen molar-refractivity contribution in [2.75, 3.05) is 0 Å². The zero-order chi connectivity index (χ0) is 16.6. The van der Waals surface area contributed by atoms with E-state index in [1.165, 1.54) is 5.56 Å². The molecule has 0 heterocycles. The Kier molecular flexibility index (Phi) is 4.56. The third-order valence-electron chi connectivity index (χ3n) is 4.50. The van der Waals surface area contributed by atoms with Gasteiger partial charge in [-0.3, -0.25) is 0 Å². The van der Waals surface area contributed by atoms with Crippen LogP contribution in [0.5, 0.6) is 0 Å². The average molecular weight is 327 g/mol. The molecule has 0 aromatic heterocycles. The lowest BCUT2D eigenvalue weighted by atomic mass is 9.82. The SMILES string of the molecule is CC1(c2ccccc2)C=CC([Si](C)(C)C)=CC([Si](C)(C)C)=C1. The lowest BCUT2D eigenvalue weighted by Crippen LogP contribution is -2.27. The van der Waals surface area contributed by atoms with Gasteiger partial charge in [0.1, 0.15) is 0 Å². The molecular weight excluding hydrogens is 296 g/mol. The Balaban J connectivity index is 2.61. The molecule has 0 saturated carbocycles. The first-order valence-electron chi connectivity index (χ1n) is 8.23. The van der Waals surface area contributed by atoms with Crippen molar-refractivity contribution in [2.45, 2.75) is 51.6 Å². The number of hydrogen-bond donors (Lipinski definition) is 0. The van der Waals surface area contributed by atoms with E-state index >= 15 is 0 Å². The van der Waals surface area contributed by atoms with Crippen molar-refractivity contribution in [3.8, 4) is 0 Å². The van der Waals surface area contributed by atoms with E-state index in [9.17, 15) is 0 Å². The molecule has 0 amide bonds. The van der Waals surface area contributed by atoms with Crippen LogP contribution in [0.4, 0.5) is 0 Å². The molecule has 0 spiro atoms. The molecular formula is C20H30Si2. The molecule has 0 nitrogen and oxygen atoms in total. The van der Waals surface area contributed by atoms with Crippen molar-refractivity contribution in [3.63, 3.8) is 0 Å². The minimum Gasteiger partial charge on any atom is -0.0712 e. The van der Waals surface area contributed by atoms with Crippen molar-refractivity contribution in [2.24, 2.45) is 0 Å². The zero-order valence-electron chi connectivity index (χ0n) is 15.2. The smallest absolute Gasteiger partial charge is 0.0712 e. The van der Waals surface area contributed by atoms with E-state index in [-0.39, 0.29) is 5.41 Å². The topological polar surface area (TPSA) is 0 Å². The second kappa shape index (κ2) is 5.82. The van der Waals surface area contributed by atoms with Gasteiger partial charge >= 0.3 is 0 Å². The molecule has 1 aromatic carbocycles. The minimum atomic E-state index is -1.36. The van der Waals surface area contributed by atoms with E-state index in [1.807, 2.05) is 0 Å². The first-order chi connectivity index (χ1) is 10.0. The van der Waals surface area contributed by atoms with Crippen molar-refractivity contribution in [1.82, 2.24) is 0 Å². The molecule has 2 heteroatoms. The standard InChI is InChI=1S/C20H30Si2/c1-20(17-11-9-8-10-12-17)14-13-18(21(2,3)4)15-19(16-20)22(5,6)7/h8-16H,1-7H3. The molecule has 2 rings (SSSR count). The largest absolute Gasteiger partial charge is 0.0775 e. The summed E-state index contributed by atoms with van der Waals surface area (Å²) in [5, 5.41) is 3.15. The van der Waals surface area contributed by atoms with Gasteiger partial charge in [-0.05, 0) is 12.5 Å². The second-order valence-electron chi connectivity index (χ2n) is 8.68. The van der Waals surface area contributed by atoms with E-state index < -0.39 is 16.1 Å². The summed E-state index contributed by atoms with van der Waals surface area (Å²) in [6.07, 6.45) is 9.86. The van der Waals surface area contributed by atoms with Crippen molar-refractivity contribution in [1.29, 1.82) is 0 Å². The molecule has 0 N–H and O–H groups in total. The summed E-state index contributed by atoms with van der Waals surface area (Å²) in [4.78, 5) is 0. The molecule has 1 aromatic rings. The maximum Gasteiger partial charge on any atom is 0.0775 e. The monoisotopic (exact) mass is 326 g/mol. The Morgan fingerprint density at radius 3 is 1.82 bits per heavy atom. The highest BCUT2D eigenvalue weighted by atomic mass is 28.3. The van der Waals surface area contributed by atoms with Gasteiger partial charge in [-0.25, -0.2) is 0 Å². The molecule has 22 heavy (non-hydrogen) atoms. The number of rotatable bonds is 3. The lowest BCUT2D eigenvalue weighted by molar-refractivity contribution is 0.757. The number of allylic oxidation sites excluding steroid dienone is 6. The fraction of sp³-hybridized carbons (Fsp3) is 0.400. The molecule has 1 atom stereocenters. The summed E-state index contributed by atoms with van der Waals surface area (Å²) >= 11 is 0. The quantitative estimate of drug-likeness (QED) is 0.587. The van der Waals surface area contributed by atoms with Crippen LogP contribution >= 0.6 is 0 Å². The van der Waals surface area contributed by atoms with Crippen LogP contribution < -0.4 is 0 Å². The van der Waals surface area contributed by atoms with E-state index in [0.29, 0.717) is 0 Å². The maximum absolute atomic E-state index is 2.53. The van der Waals surface area contributed by atoms with Gasteiger partial charge in [0.2, 0.25) is 0 Å². The highest BCUT2D eigenvalue weighted by Gasteiger charge is 2.30. The second-order valence-corrected chi connectivity index (χ2v) is 18.8. The summed E-state index contributed by atoms with van der Waals surface area (Å²) in [6, 6.07) is 10.9. The predicted octanol–water partition coefficient (Wildman–Crippen LogP) is 6.12. The van der Waals surface area contributed by atoms with Gasteiger partial charge in [0.25, 0.3) is 0 Å². The van der Waals surface area contributed by atoms with Gasteiger partial charge in [-0.2, -0.15) is 0 Å². The molecule has 0 aliphatic heterocycles. The first kappa shape index (κ1) is 17.2. The summed E-state index contributed by atoms with van der Waals surface area (Å²) in [7, 11) is -2.68. The van der Waals surface area contributed by atoms with Gasteiger partial charge in [0.05, 0.1) is 16.1 Å². The van der Waals surface area contributed by atoms with E-state index in [4.69, 9.17) is 0 Å². The molecule has 118 valence electrons. The fourth-order valence-corrected chi connectivity index (χ4v) is 5.41. The summed E-state index contributed by atoms with van der Waals surface area (Å²) in [5.74, 6) is 0. The number of hydrogen-bond acceptors (Lipinski definition) is 0. The van der Waals surface area contributed by atoms with E-state index in [1.54, 1.807) is 10.4 Å². The van der Waals surface area contributed by atoms with E-state index in [2.05, 4.69) is 101 Å². The van der Waals surface area contributed by atoms with Gasteiger partial charge in [0.15, 0.2) is 0 Å². The molecule has 1 aliphatic carbocycles. The third kappa shape index (κ3) is 3.79. The van der Waals surface area contributed by atoms with Gasteiger partial charge in [0, 0.05) is 5.41 Å². The molecule has 0 bridgehead atoms. The van der Waals surface area contributed by atoms with Crippen LogP contribution in [0.1, 0.15) is 12.5 Å². The Hall–Kier alpha value is -1.13. The highest BCUT2D eigenvalue weighted by Crippen LogP contribution is 2.35. The zero-order valence-corrected chi connectivity index (χ0v) is 17.2. The predicted molar refractivity (Wildman–Crippen MR) is 106 cm³/mol. The average Bonchev–Trinajstić information content (AvgIpc) is 2.59. The van der Waals surface area contributed by atoms with Crippen LogP contribution in [0.2, 0.25) is 39.3 Å². The van der Waals surface area contributed by atoms with Gasteiger partial charge in [-0.1, -0.05) is 104 Å². The molecule has 1 aliphatic rings. The lowest BCUT2D eigenvalue weighted by Gasteiger charge is -2.27.